The number of ether oxygens (including phenoxy) is 2. The Morgan fingerprint density at radius 1 is 1.11 bits per heavy atom. The molecule has 0 unspecified atom stereocenters. The van der Waals surface area contributed by atoms with Crippen LogP contribution in [0.25, 0.3) is 0 Å². The van der Waals surface area contributed by atoms with Gasteiger partial charge in [-0.3, -0.25) is 4.90 Å². The molecule has 0 atom stereocenters. The fourth-order valence-electron chi connectivity index (χ4n) is 3.55. The number of aryl methyl sites for hydroxylation is 2. The van der Waals surface area contributed by atoms with Gasteiger partial charge in [0.15, 0.2) is 11.5 Å². The first-order valence-corrected chi connectivity index (χ1v) is 9.74. The molecule has 0 bridgehead atoms. The van der Waals surface area contributed by atoms with Crippen LogP contribution in [-0.2, 0) is 6.54 Å². The molecule has 1 aliphatic rings. The summed E-state index contributed by atoms with van der Waals surface area (Å²) in [5, 5.41) is 3.47. The minimum Gasteiger partial charge on any atom is -0.493 e. The van der Waals surface area contributed by atoms with Crippen LogP contribution in [0.5, 0.6) is 11.5 Å². The summed E-state index contributed by atoms with van der Waals surface area (Å²) in [6.07, 6.45) is 2.08. The molecule has 1 aliphatic heterocycles. The minimum absolute atomic E-state index is 0.0391. The van der Waals surface area contributed by atoms with E-state index in [0.29, 0.717) is 17.5 Å². The van der Waals surface area contributed by atoms with Gasteiger partial charge >= 0.3 is 0 Å². The molecule has 7 heteroatoms. The smallest absolute Gasteiger partial charge is 0.223 e. The number of piperidine rings is 1. The summed E-state index contributed by atoms with van der Waals surface area (Å²) in [5.41, 5.74) is 3.11. The molecule has 0 saturated carbocycles. The topological polar surface area (TPSA) is 59.5 Å². The minimum atomic E-state index is -0.516. The van der Waals surface area contributed by atoms with Crippen molar-refractivity contribution in [2.75, 3.05) is 38.8 Å². The molecule has 1 aromatic heterocycles. The number of rotatable bonds is 8. The Balaban J connectivity index is 1.54. The van der Waals surface area contributed by atoms with E-state index in [-0.39, 0.29) is 6.61 Å². The van der Waals surface area contributed by atoms with E-state index in [1.165, 1.54) is 0 Å². The van der Waals surface area contributed by atoms with Crippen molar-refractivity contribution < 1.29 is 13.9 Å². The summed E-state index contributed by atoms with van der Waals surface area (Å²) in [6, 6.07) is 8.23. The number of anilines is 1. The molecule has 1 N–H and O–H groups in total. The van der Waals surface area contributed by atoms with Gasteiger partial charge in [-0.25, -0.2) is 14.4 Å². The number of nitrogens with zero attached hydrogens (tertiary/aromatic N) is 3. The van der Waals surface area contributed by atoms with Crippen molar-refractivity contribution in [2.24, 2.45) is 0 Å². The molecule has 0 radical (unpaired) electrons. The van der Waals surface area contributed by atoms with Gasteiger partial charge in [0.1, 0.15) is 13.3 Å². The van der Waals surface area contributed by atoms with E-state index >= 15 is 0 Å². The van der Waals surface area contributed by atoms with Crippen LogP contribution in [0.2, 0.25) is 0 Å². The molecule has 1 fully saturated rings. The number of aromatic nitrogens is 2. The predicted octanol–water partition coefficient (Wildman–Crippen LogP) is 3.53. The summed E-state index contributed by atoms with van der Waals surface area (Å²) < 4.78 is 23.2. The highest BCUT2D eigenvalue weighted by atomic mass is 19.1. The third-order valence-corrected chi connectivity index (χ3v) is 4.87. The van der Waals surface area contributed by atoms with Crippen LogP contribution in [-0.4, -0.2) is 54.4 Å². The Kier molecular flexibility index (Phi) is 7.03. The van der Waals surface area contributed by atoms with Crippen molar-refractivity contribution in [1.82, 2.24) is 14.9 Å². The second kappa shape index (κ2) is 9.68. The SMILES string of the molecule is COc1ccc(CN2CCC(Nc3nc(C)cc(C)n3)CC2)cc1OCCF. The first-order valence-electron chi connectivity index (χ1n) is 9.74. The van der Waals surface area contributed by atoms with Crippen LogP contribution in [0.3, 0.4) is 0 Å². The Hall–Kier alpha value is -2.41. The summed E-state index contributed by atoms with van der Waals surface area (Å²) in [6.45, 7) is 6.33. The first-order chi connectivity index (χ1) is 13.6. The quantitative estimate of drug-likeness (QED) is 0.747. The van der Waals surface area contributed by atoms with Gasteiger partial charge in [0.2, 0.25) is 5.95 Å². The molecule has 28 heavy (non-hydrogen) atoms. The highest BCUT2D eigenvalue weighted by molar-refractivity contribution is 5.43. The number of alkyl halides is 1. The summed E-state index contributed by atoms with van der Waals surface area (Å²) >= 11 is 0. The molecular weight excluding hydrogens is 359 g/mol. The highest BCUT2D eigenvalue weighted by Crippen LogP contribution is 2.29. The summed E-state index contributed by atoms with van der Waals surface area (Å²) in [5.74, 6) is 1.95. The van der Waals surface area contributed by atoms with Crippen LogP contribution >= 0.6 is 0 Å². The molecule has 152 valence electrons. The molecule has 1 saturated heterocycles. The van der Waals surface area contributed by atoms with Gasteiger partial charge < -0.3 is 14.8 Å². The second-order valence-corrected chi connectivity index (χ2v) is 7.19. The zero-order valence-electron chi connectivity index (χ0n) is 16.9. The number of nitrogens with one attached hydrogen (secondary N) is 1. The van der Waals surface area contributed by atoms with Crippen molar-refractivity contribution in [2.45, 2.75) is 39.3 Å². The largest absolute Gasteiger partial charge is 0.493 e. The lowest BCUT2D eigenvalue weighted by Crippen LogP contribution is -2.39. The average Bonchev–Trinajstić information content (AvgIpc) is 2.67. The Labute approximate surface area is 166 Å². The van der Waals surface area contributed by atoms with Gasteiger partial charge in [0.25, 0.3) is 0 Å². The van der Waals surface area contributed by atoms with Crippen LogP contribution in [0.1, 0.15) is 29.8 Å². The maximum absolute atomic E-state index is 12.4. The number of benzene rings is 1. The van der Waals surface area contributed by atoms with Gasteiger partial charge in [-0.1, -0.05) is 6.07 Å². The van der Waals surface area contributed by atoms with Crippen LogP contribution in [0.15, 0.2) is 24.3 Å². The van der Waals surface area contributed by atoms with Crippen LogP contribution < -0.4 is 14.8 Å². The lowest BCUT2D eigenvalue weighted by atomic mass is 10.0. The van der Waals surface area contributed by atoms with E-state index in [1.807, 2.05) is 38.1 Å². The second-order valence-electron chi connectivity index (χ2n) is 7.19. The van der Waals surface area contributed by atoms with Crippen molar-refractivity contribution in [3.8, 4) is 11.5 Å². The molecule has 2 heterocycles. The summed E-state index contributed by atoms with van der Waals surface area (Å²) in [7, 11) is 1.59. The van der Waals surface area contributed by atoms with Crippen molar-refractivity contribution in [3.63, 3.8) is 0 Å². The maximum atomic E-state index is 12.4. The predicted molar refractivity (Wildman–Crippen MR) is 108 cm³/mol. The van der Waals surface area contributed by atoms with Gasteiger partial charge in [-0.15, -0.1) is 0 Å². The molecule has 0 amide bonds. The highest BCUT2D eigenvalue weighted by Gasteiger charge is 2.20. The zero-order valence-corrected chi connectivity index (χ0v) is 16.9. The third kappa shape index (κ3) is 5.55. The summed E-state index contributed by atoms with van der Waals surface area (Å²) in [4.78, 5) is 11.4. The normalized spacial score (nSPS) is 15.4. The van der Waals surface area contributed by atoms with Gasteiger partial charge in [0.05, 0.1) is 7.11 Å². The molecule has 6 nitrogen and oxygen atoms in total. The fourth-order valence-corrected chi connectivity index (χ4v) is 3.55. The molecule has 2 aromatic rings. The molecule has 1 aromatic carbocycles. The molecular formula is C21H29FN4O2. The third-order valence-electron chi connectivity index (χ3n) is 4.87. The van der Waals surface area contributed by atoms with E-state index in [0.717, 1.165) is 55.4 Å². The lowest BCUT2D eigenvalue weighted by molar-refractivity contribution is 0.210. The fraction of sp³-hybridized carbons (Fsp3) is 0.524. The van der Waals surface area contributed by atoms with E-state index < -0.39 is 6.67 Å². The first kappa shape index (κ1) is 20.3. The van der Waals surface area contributed by atoms with Crippen molar-refractivity contribution >= 4 is 5.95 Å². The van der Waals surface area contributed by atoms with Crippen LogP contribution in [0, 0.1) is 13.8 Å². The van der Waals surface area contributed by atoms with Gasteiger partial charge in [-0.05, 0) is 50.5 Å². The van der Waals surface area contributed by atoms with Crippen molar-refractivity contribution in [3.05, 3.63) is 41.2 Å². The standard InChI is InChI=1S/C21H29FN4O2/c1-15-12-16(2)24-21(23-15)25-18-6-9-26(10-7-18)14-17-4-5-19(27-3)20(13-17)28-11-8-22/h4-5,12-13,18H,6-11,14H2,1-3H3,(H,23,24,25). The lowest BCUT2D eigenvalue weighted by Gasteiger charge is -2.32. The number of hydrogen-bond donors (Lipinski definition) is 1. The van der Waals surface area contributed by atoms with E-state index in [1.54, 1.807) is 7.11 Å². The number of halogens is 1. The van der Waals surface area contributed by atoms with Gasteiger partial charge in [0, 0.05) is 37.1 Å². The number of methoxy groups -OCH3 is 1. The molecule has 0 aliphatic carbocycles. The monoisotopic (exact) mass is 388 g/mol. The Morgan fingerprint density at radius 2 is 1.82 bits per heavy atom. The van der Waals surface area contributed by atoms with E-state index in [9.17, 15) is 4.39 Å². The average molecular weight is 388 g/mol. The molecule has 0 spiro atoms. The number of likely N-dealkylation sites (tertiary alicyclic amines) is 1. The molecule has 3 rings (SSSR count). The van der Waals surface area contributed by atoms with E-state index in [2.05, 4.69) is 20.2 Å². The maximum Gasteiger partial charge on any atom is 0.223 e. The van der Waals surface area contributed by atoms with Gasteiger partial charge in [-0.2, -0.15) is 0 Å². The zero-order chi connectivity index (χ0) is 19.9. The Morgan fingerprint density at radius 3 is 2.46 bits per heavy atom. The van der Waals surface area contributed by atoms with Crippen molar-refractivity contribution in [1.29, 1.82) is 0 Å². The Bertz CT molecular complexity index is 759. The van der Waals surface area contributed by atoms with E-state index in [4.69, 9.17) is 9.47 Å². The van der Waals surface area contributed by atoms with Crippen LogP contribution in [0.4, 0.5) is 10.3 Å². The number of hydrogen-bond acceptors (Lipinski definition) is 6.